The minimum Gasteiger partial charge on any atom is -0.399 e. The van der Waals surface area contributed by atoms with Gasteiger partial charge in [0, 0.05) is 18.8 Å². The molecule has 3 heteroatoms. The number of hydrogen-bond donors (Lipinski definition) is 1. The average Bonchev–Trinajstić information content (AvgIpc) is 2.63. The predicted octanol–water partition coefficient (Wildman–Crippen LogP) is 3.79. The zero-order valence-corrected chi connectivity index (χ0v) is 12.8. The van der Waals surface area contributed by atoms with E-state index in [0.29, 0.717) is 16.7 Å². The van der Waals surface area contributed by atoms with Crippen molar-refractivity contribution in [3.8, 4) is 6.07 Å². The number of nitrogens with zero attached hydrogens (tertiary/aromatic N) is 2. The monoisotopic (exact) mass is 271 g/mol. The number of hydrogen-bond acceptors (Lipinski definition) is 3. The van der Waals surface area contributed by atoms with E-state index in [4.69, 9.17) is 5.73 Å². The Kier molecular flexibility index (Phi) is 4.23. The summed E-state index contributed by atoms with van der Waals surface area (Å²) in [5.74, 6) is 0.756. The van der Waals surface area contributed by atoms with Crippen LogP contribution < -0.4 is 10.6 Å². The van der Waals surface area contributed by atoms with Crippen LogP contribution in [0.4, 0.5) is 11.4 Å². The molecule has 0 radical (unpaired) electrons. The molecule has 20 heavy (non-hydrogen) atoms. The van der Waals surface area contributed by atoms with Crippen molar-refractivity contribution < 1.29 is 0 Å². The van der Waals surface area contributed by atoms with Gasteiger partial charge in [0.1, 0.15) is 6.07 Å². The zero-order valence-electron chi connectivity index (χ0n) is 12.8. The second-order valence-electron chi connectivity index (χ2n) is 6.87. The van der Waals surface area contributed by atoms with Gasteiger partial charge in [-0.2, -0.15) is 5.26 Å². The Morgan fingerprint density at radius 2 is 2.00 bits per heavy atom. The Morgan fingerprint density at radius 1 is 1.25 bits per heavy atom. The van der Waals surface area contributed by atoms with Crippen molar-refractivity contribution in [2.75, 3.05) is 23.7 Å². The summed E-state index contributed by atoms with van der Waals surface area (Å²) in [5, 5.41) is 9.29. The third-order valence-corrected chi connectivity index (χ3v) is 4.43. The maximum Gasteiger partial charge on any atom is 0.101 e. The quantitative estimate of drug-likeness (QED) is 0.791. The molecule has 0 saturated carbocycles. The van der Waals surface area contributed by atoms with Gasteiger partial charge in [0.05, 0.1) is 11.3 Å². The summed E-state index contributed by atoms with van der Waals surface area (Å²) in [6.07, 6.45) is 3.66. The SMILES string of the molecule is CC(C)(C)C1CCCN(c2ccc(N)cc2C#N)CC1. The van der Waals surface area contributed by atoms with Crippen LogP contribution in [0, 0.1) is 22.7 Å². The van der Waals surface area contributed by atoms with Crippen molar-refractivity contribution in [1.29, 1.82) is 5.26 Å². The first-order valence-electron chi connectivity index (χ1n) is 7.46. The van der Waals surface area contributed by atoms with E-state index in [1.54, 1.807) is 6.07 Å². The lowest BCUT2D eigenvalue weighted by Crippen LogP contribution is -2.26. The molecular formula is C17H25N3. The molecule has 0 amide bonds. The maximum atomic E-state index is 9.29. The van der Waals surface area contributed by atoms with E-state index in [0.717, 1.165) is 24.7 Å². The normalized spacial score (nSPS) is 20.3. The van der Waals surface area contributed by atoms with E-state index in [9.17, 15) is 5.26 Å². The number of anilines is 2. The lowest BCUT2D eigenvalue weighted by molar-refractivity contribution is 0.220. The van der Waals surface area contributed by atoms with Crippen molar-refractivity contribution in [3.63, 3.8) is 0 Å². The van der Waals surface area contributed by atoms with E-state index >= 15 is 0 Å². The van der Waals surface area contributed by atoms with Gasteiger partial charge < -0.3 is 10.6 Å². The smallest absolute Gasteiger partial charge is 0.101 e. The lowest BCUT2D eigenvalue weighted by atomic mass is 9.77. The third-order valence-electron chi connectivity index (χ3n) is 4.43. The third kappa shape index (κ3) is 3.25. The number of rotatable bonds is 1. The van der Waals surface area contributed by atoms with Crippen molar-refractivity contribution in [1.82, 2.24) is 0 Å². The minimum absolute atomic E-state index is 0.370. The zero-order chi connectivity index (χ0) is 14.8. The molecule has 2 rings (SSSR count). The Hall–Kier alpha value is -1.69. The van der Waals surface area contributed by atoms with Gasteiger partial charge in [-0.05, 0) is 48.8 Å². The highest BCUT2D eigenvalue weighted by atomic mass is 15.1. The first kappa shape index (κ1) is 14.7. The van der Waals surface area contributed by atoms with Crippen molar-refractivity contribution in [2.45, 2.75) is 40.0 Å². The van der Waals surface area contributed by atoms with Crippen LogP contribution in [0.5, 0.6) is 0 Å². The Morgan fingerprint density at radius 3 is 2.65 bits per heavy atom. The lowest BCUT2D eigenvalue weighted by Gasteiger charge is -2.30. The van der Waals surface area contributed by atoms with Gasteiger partial charge in [0.2, 0.25) is 0 Å². The molecule has 3 nitrogen and oxygen atoms in total. The van der Waals surface area contributed by atoms with Crippen LogP contribution in [0.3, 0.4) is 0 Å². The van der Waals surface area contributed by atoms with Gasteiger partial charge in [0.15, 0.2) is 0 Å². The number of nitriles is 1. The van der Waals surface area contributed by atoms with E-state index in [1.165, 1.54) is 19.3 Å². The van der Waals surface area contributed by atoms with Crippen LogP contribution >= 0.6 is 0 Å². The van der Waals surface area contributed by atoms with Crippen LogP contribution in [-0.2, 0) is 0 Å². The number of benzene rings is 1. The molecule has 1 aliphatic rings. The molecule has 2 N–H and O–H groups in total. The molecule has 1 aromatic rings. The van der Waals surface area contributed by atoms with Crippen LogP contribution in [0.2, 0.25) is 0 Å². The highest BCUT2D eigenvalue weighted by molar-refractivity contribution is 5.64. The largest absolute Gasteiger partial charge is 0.399 e. The first-order valence-corrected chi connectivity index (χ1v) is 7.46. The molecule has 0 aromatic heterocycles. The minimum atomic E-state index is 0.370. The molecule has 1 aromatic carbocycles. The van der Waals surface area contributed by atoms with E-state index < -0.39 is 0 Å². The van der Waals surface area contributed by atoms with Crippen LogP contribution in [0.25, 0.3) is 0 Å². The summed E-state index contributed by atoms with van der Waals surface area (Å²) in [6, 6.07) is 7.94. The topological polar surface area (TPSA) is 53.0 Å². The first-order chi connectivity index (χ1) is 9.41. The van der Waals surface area contributed by atoms with Crippen molar-refractivity contribution in [3.05, 3.63) is 23.8 Å². The van der Waals surface area contributed by atoms with E-state index in [2.05, 4.69) is 31.7 Å². The molecule has 0 spiro atoms. The molecule has 1 aliphatic heterocycles. The molecule has 108 valence electrons. The molecule has 0 bridgehead atoms. The second kappa shape index (κ2) is 5.75. The Bertz CT molecular complexity index is 508. The van der Waals surface area contributed by atoms with Gasteiger partial charge in [-0.15, -0.1) is 0 Å². The molecule has 1 heterocycles. The highest BCUT2D eigenvalue weighted by Gasteiger charge is 2.27. The van der Waals surface area contributed by atoms with Gasteiger partial charge >= 0.3 is 0 Å². The molecule has 1 atom stereocenters. The second-order valence-corrected chi connectivity index (χ2v) is 6.87. The fourth-order valence-corrected chi connectivity index (χ4v) is 3.12. The van der Waals surface area contributed by atoms with Crippen LogP contribution in [0.1, 0.15) is 45.6 Å². The summed E-state index contributed by atoms with van der Waals surface area (Å²) in [6.45, 7) is 9.05. The molecular weight excluding hydrogens is 246 g/mol. The van der Waals surface area contributed by atoms with Gasteiger partial charge in [-0.25, -0.2) is 0 Å². The fraction of sp³-hybridized carbons (Fsp3) is 0.588. The summed E-state index contributed by atoms with van der Waals surface area (Å²) < 4.78 is 0. The fourth-order valence-electron chi connectivity index (χ4n) is 3.12. The molecule has 1 saturated heterocycles. The molecule has 1 unspecified atom stereocenters. The summed E-state index contributed by atoms with van der Waals surface area (Å²) >= 11 is 0. The maximum absolute atomic E-state index is 9.29. The number of nitrogen functional groups attached to an aromatic ring is 1. The van der Waals surface area contributed by atoms with E-state index in [-0.39, 0.29) is 0 Å². The van der Waals surface area contributed by atoms with E-state index in [1.807, 2.05) is 12.1 Å². The molecule has 0 aliphatic carbocycles. The van der Waals surface area contributed by atoms with Crippen LogP contribution in [-0.4, -0.2) is 13.1 Å². The highest BCUT2D eigenvalue weighted by Crippen LogP contribution is 2.35. The summed E-state index contributed by atoms with van der Waals surface area (Å²) in [5.41, 5.74) is 8.54. The van der Waals surface area contributed by atoms with Gasteiger partial charge in [-0.1, -0.05) is 20.8 Å². The Labute approximate surface area is 122 Å². The summed E-state index contributed by atoms with van der Waals surface area (Å²) in [7, 11) is 0. The van der Waals surface area contributed by atoms with Gasteiger partial charge in [0.25, 0.3) is 0 Å². The van der Waals surface area contributed by atoms with Crippen molar-refractivity contribution >= 4 is 11.4 Å². The molecule has 1 fully saturated rings. The predicted molar refractivity (Wildman–Crippen MR) is 84.6 cm³/mol. The summed E-state index contributed by atoms with van der Waals surface area (Å²) in [4.78, 5) is 2.35. The number of nitrogens with two attached hydrogens (primary N) is 1. The Balaban J connectivity index is 2.17. The van der Waals surface area contributed by atoms with Gasteiger partial charge in [-0.3, -0.25) is 0 Å². The van der Waals surface area contributed by atoms with Crippen LogP contribution in [0.15, 0.2) is 18.2 Å². The standard InChI is InChI=1S/C17H25N3/c1-17(2,3)14-5-4-9-20(10-8-14)16-7-6-15(19)11-13(16)12-18/h6-7,11,14H,4-5,8-10,19H2,1-3H3. The van der Waals surface area contributed by atoms with Crippen molar-refractivity contribution in [2.24, 2.45) is 11.3 Å². The average molecular weight is 271 g/mol.